The third kappa shape index (κ3) is 7.06. The first kappa shape index (κ1) is 29.7. The van der Waals surface area contributed by atoms with Gasteiger partial charge in [0, 0.05) is 34.1 Å². The minimum atomic E-state index is 0.0340. The summed E-state index contributed by atoms with van der Waals surface area (Å²) in [5, 5.41) is 9.52. The van der Waals surface area contributed by atoms with Gasteiger partial charge in [-0.05, 0) is 110 Å². The van der Waals surface area contributed by atoms with Crippen molar-refractivity contribution in [2.45, 2.75) is 27.4 Å². The predicted octanol–water partition coefficient (Wildman–Crippen LogP) is 11.2. The molecule has 0 fully saturated rings. The van der Waals surface area contributed by atoms with Crippen LogP contribution < -0.4 is 9.80 Å². The Morgan fingerprint density at radius 2 is 0.622 bits per heavy atom. The van der Waals surface area contributed by atoms with E-state index in [1.54, 1.807) is 0 Å². The maximum atomic E-state index is 9.52. The Bertz CT molecular complexity index is 1810. The van der Waals surface area contributed by atoms with Crippen LogP contribution in [0.5, 0.6) is 0 Å². The zero-order chi connectivity index (χ0) is 31.2. The van der Waals surface area contributed by atoms with E-state index in [4.69, 9.17) is 0 Å². The fraction of sp³-hybridized carbons (Fsp3) is 0.0952. The first-order chi connectivity index (χ1) is 22.0. The fourth-order valence-electron chi connectivity index (χ4n) is 5.39. The van der Waals surface area contributed by atoms with Crippen molar-refractivity contribution in [1.82, 2.24) is 0 Å². The van der Waals surface area contributed by atoms with Crippen molar-refractivity contribution in [3.63, 3.8) is 0 Å². The minimum Gasteiger partial charge on any atom is -0.392 e. The van der Waals surface area contributed by atoms with E-state index in [0.717, 1.165) is 50.8 Å². The molecule has 0 saturated heterocycles. The average Bonchev–Trinajstić information content (AvgIpc) is 3.08. The molecule has 0 unspecified atom stereocenters. The maximum Gasteiger partial charge on any atom is 0.0681 e. The number of aliphatic hydroxyl groups excluding tert-OH is 1. The van der Waals surface area contributed by atoms with Gasteiger partial charge in [0.25, 0.3) is 0 Å². The Morgan fingerprint density at radius 3 is 0.889 bits per heavy atom. The van der Waals surface area contributed by atoms with Crippen LogP contribution in [0, 0.1) is 20.8 Å². The van der Waals surface area contributed by atoms with Crippen LogP contribution in [-0.4, -0.2) is 5.11 Å². The molecule has 0 spiro atoms. The van der Waals surface area contributed by atoms with Gasteiger partial charge in [-0.15, -0.1) is 0 Å². The first-order valence-corrected chi connectivity index (χ1v) is 15.4. The van der Waals surface area contributed by atoms with Crippen molar-refractivity contribution in [2.75, 3.05) is 9.80 Å². The number of aliphatic hydroxyl groups is 1. The summed E-state index contributed by atoms with van der Waals surface area (Å²) in [6, 6.07) is 51.3. The average molecular weight is 587 g/mol. The highest BCUT2D eigenvalue weighted by Crippen LogP contribution is 2.36. The number of hydrogen-bond donors (Lipinski definition) is 1. The van der Waals surface area contributed by atoms with Crippen LogP contribution in [0.25, 0.3) is 12.2 Å². The normalized spacial score (nSPS) is 11.1. The Labute approximate surface area is 267 Å². The maximum absolute atomic E-state index is 9.52. The molecule has 0 aliphatic heterocycles. The van der Waals surface area contributed by atoms with Crippen molar-refractivity contribution < 1.29 is 5.11 Å². The third-order valence-electron chi connectivity index (χ3n) is 8.02. The number of benzene rings is 6. The van der Waals surface area contributed by atoms with E-state index >= 15 is 0 Å². The molecule has 6 aromatic carbocycles. The molecule has 3 heteroatoms. The largest absolute Gasteiger partial charge is 0.392 e. The minimum absolute atomic E-state index is 0.0340. The summed E-state index contributed by atoms with van der Waals surface area (Å²) in [6.07, 6.45) is 4.31. The van der Waals surface area contributed by atoms with E-state index in [0.29, 0.717) is 0 Å². The van der Waals surface area contributed by atoms with E-state index in [2.05, 4.69) is 176 Å². The summed E-state index contributed by atoms with van der Waals surface area (Å²) in [5.41, 5.74) is 13.5. The van der Waals surface area contributed by atoms with Crippen molar-refractivity contribution in [3.8, 4) is 0 Å². The van der Waals surface area contributed by atoms with Crippen LogP contribution in [0.15, 0.2) is 146 Å². The number of hydrogen-bond acceptors (Lipinski definition) is 3. The van der Waals surface area contributed by atoms with Crippen molar-refractivity contribution in [3.05, 3.63) is 179 Å². The fourth-order valence-corrected chi connectivity index (χ4v) is 5.39. The zero-order valence-electron chi connectivity index (χ0n) is 26.1. The monoisotopic (exact) mass is 586 g/mol. The van der Waals surface area contributed by atoms with E-state index in [1.165, 1.54) is 16.7 Å². The smallest absolute Gasteiger partial charge is 0.0681 e. The summed E-state index contributed by atoms with van der Waals surface area (Å²) in [5.74, 6) is 0. The van der Waals surface area contributed by atoms with Gasteiger partial charge >= 0.3 is 0 Å². The quantitative estimate of drug-likeness (QED) is 0.171. The van der Waals surface area contributed by atoms with Crippen LogP contribution in [0.2, 0.25) is 0 Å². The molecular weight excluding hydrogens is 548 g/mol. The summed E-state index contributed by atoms with van der Waals surface area (Å²) < 4.78 is 0. The SMILES string of the molecule is Cc1ccc(N(c2ccc(C)cc2)c2ccc(/C=C/c3ccc(N(c4ccc(C)cc4)c4ccc(CO)cc4)cc3)cc2)cc1. The number of anilines is 6. The number of aryl methyl sites for hydroxylation is 3. The van der Waals surface area contributed by atoms with Crippen LogP contribution >= 0.6 is 0 Å². The van der Waals surface area contributed by atoms with Gasteiger partial charge in [-0.25, -0.2) is 0 Å². The Balaban J connectivity index is 1.23. The van der Waals surface area contributed by atoms with Crippen molar-refractivity contribution in [2.24, 2.45) is 0 Å². The summed E-state index contributed by atoms with van der Waals surface area (Å²) in [4.78, 5) is 4.53. The molecule has 0 aliphatic carbocycles. The molecule has 45 heavy (non-hydrogen) atoms. The van der Waals surface area contributed by atoms with Gasteiger partial charge in [0.1, 0.15) is 0 Å². The molecule has 0 aliphatic rings. The highest BCUT2D eigenvalue weighted by atomic mass is 16.3. The van der Waals surface area contributed by atoms with Crippen molar-refractivity contribution >= 4 is 46.3 Å². The highest BCUT2D eigenvalue weighted by Gasteiger charge is 2.13. The van der Waals surface area contributed by atoms with Crippen LogP contribution in [-0.2, 0) is 6.61 Å². The zero-order valence-corrected chi connectivity index (χ0v) is 26.1. The molecule has 0 bridgehead atoms. The summed E-state index contributed by atoms with van der Waals surface area (Å²) >= 11 is 0. The molecule has 0 saturated carbocycles. The van der Waals surface area contributed by atoms with Gasteiger partial charge in [0.05, 0.1) is 6.61 Å². The molecule has 1 N–H and O–H groups in total. The molecule has 3 nitrogen and oxygen atoms in total. The highest BCUT2D eigenvalue weighted by molar-refractivity contribution is 5.80. The van der Waals surface area contributed by atoms with Gasteiger partial charge < -0.3 is 14.9 Å². The lowest BCUT2D eigenvalue weighted by Crippen LogP contribution is -2.10. The summed E-state index contributed by atoms with van der Waals surface area (Å²) in [7, 11) is 0. The second-order valence-corrected chi connectivity index (χ2v) is 11.5. The van der Waals surface area contributed by atoms with Gasteiger partial charge in [0.15, 0.2) is 0 Å². The second-order valence-electron chi connectivity index (χ2n) is 11.5. The Kier molecular flexibility index (Phi) is 8.91. The van der Waals surface area contributed by atoms with Crippen molar-refractivity contribution in [1.29, 1.82) is 0 Å². The lowest BCUT2D eigenvalue weighted by Gasteiger charge is -2.26. The molecule has 0 aromatic heterocycles. The summed E-state index contributed by atoms with van der Waals surface area (Å²) in [6.45, 7) is 6.37. The number of rotatable bonds is 9. The van der Waals surface area contributed by atoms with Crippen LogP contribution in [0.1, 0.15) is 33.4 Å². The molecule has 6 rings (SSSR count). The van der Waals surface area contributed by atoms with Gasteiger partial charge in [0.2, 0.25) is 0 Å². The second kappa shape index (κ2) is 13.5. The molecule has 0 heterocycles. The Hall–Kier alpha value is -5.38. The topological polar surface area (TPSA) is 26.7 Å². The van der Waals surface area contributed by atoms with E-state index in [-0.39, 0.29) is 6.61 Å². The lowest BCUT2D eigenvalue weighted by atomic mass is 10.1. The Morgan fingerprint density at radius 1 is 0.378 bits per heavy atom. The van der Waals surface area contributed by atoms with Gasteiger partial charge in [-0.3, -0.25) is 0 Å². The van der Waals surface area contributed by atoms with Gasteiger partial charge in [-0.1, -0.05) is 102 Å². The van der Waals surface area contributed by atoms with E-state index in [9.17, 15) is 5.11 Å². The van der Waals surface area contributed by atoms with Crippen LogP contribution in [0.4, 0.5) is 34.1 Å². The lowest BCUT2D eigenvalue weighted by molar-refractivity contribution is 0.282. The number of nitrogens with zero attached hydrogens (tertiary/aromatic N) is 2. The van der Waals surface area contributed by atoms with Gasteiger partial charge in [-0.2, -0.15) is 0 Å². The predicted molar refractivity (Wildman–Crippen MR) is 191 cm³/mol. The van der Waals surface area contributed by atoms with Crippen LogP contribution in [0.3, 0.4) is 0 Å². The molecule has 0 atom stereocenters. The molecule has 222 valence electrons. The standard InChI is InChI=1S/C42H38N2O/c1-31-4-18-37(19-5-31)43(38-20-6-32(2)7-21-38)40-24-12-34(13-25-40)10-11-35-14-26-41(27-15-35)44(39-22-8-33(3)9-23-39)42-28-16-36(30-45)17-29-42/h4-29,45H,30H2,1-3H3/b11-10+. The first-order valence-electron chi connectivity index (χ1n) is 15.4. The third-order valence-corrected chi connectivity index (χ3v) is 8.02. The molecular formula is C42H38N2O. The van der Waals surface area contributed by atoms with E-state index < -0.39 is 0 Å². The molecule has 6 aromatic rings. The van der Waals surface area contributed by atoms with E-state index in [1.807, 2.05) is 12.1 Å². The molecule has 0 amide bonds. The molecule has 0 radical (unpaired) electrons.